The molecule has 0 aliphatic heterocycles. The molecule has 0 radical (unpaired) electrons. The third kappa shape index (κ3) is 4.54. The van der Waals surface area contributed by atoms with Crippen LogP contribution in [0.3, 0.4) is 0 Å². The predicted octanol–water partition coefficient (Wildman–Crippen LogP) is 6.15. The third-order valence-electron chi connectivity index (χ3n) is 5.09. The first-order valence-electron chi connectivity index (χ1n) is 9.49. The summed E-state index contributed by atoms with van der Waals surface area (Å²) in [6.45, 7) is 0. The first-order chi connectivity index (χ1) is 14.9. The molecule has 1 fully saturated rings. The molecule has 31 heavy (non-hydrogen) atoms. The van der Waals surface area contributed by atoms with E-state index < -0.39 is 10.3 Å². The van der Waals surface area contributed by atoms with Crippen LogP contribution < -0.4 is 9.47 Å². The van der Waals surface area contributed by atoms with Crippen LogP contribution in [0.25, 0.3) is 0 Å². The molecule has 0 atom stereocenters. The summed E-state index contributed by atoms with van der Waals surface area (Å²) in [5, 5.41) is 11.4. The van der Waals surface area contributed by atoms with Crippen molar-refractivity contribution in [2.45, 2.75) is 18.3 Å². The second kappa shape index (κ2) is 8.39. The van der Waals surface area contributed by atoms with Gasteiger partial charge in [-0.3, -0.25) is 14.9 Å². The van der Waals surface area contributed by atoms with Crippen LogP contribution in [0.2, 0.25) is 0 Å². The number of nitro groups is 1. The van der Waals surface area contributed by atoms with Gasteiger partial charge in [-0.2, -0.15) is 0 Å². The number of methoxy groups -OCH3 is 1. The van der Waals surface area contributed by atoms with Gasteiger partial charge in [0, 0.05) is 10.5 Å². The summed E-state index contributed by atoms with van der Waals surface area (Å²) < 4.78 is 17.4. The Labute approximate surface area is 186 Å². The van der Waals surface area contributed by atoms with E-state index in [-0.39, 0.29) is 23.2 Å². The van der Waals surface area contributed by atoms with Gasteiger partial charge in [0.1, 0.15) is 23.0 Å². The van der Waals surface area contributed by atoms with Crippen molar-refractivity contribution in [2.24, 2.45) is 0 Å². The second-order valence-electron chi connectivity index (χ2n) is 7.18. The van der Waals surface area contributed by atoms with Gasteiger partial charge in [0.15, 0.2) is 0 Å². The number of hydrogen-bond acceptors (Lipinski definition) is 6. The largest absolute Gasteiger partial charge is 0.468 e. The zero-order valence-corrected chi connectivity index (χ0v) is 18.1. The highest BCUT2D eigenvalue weighted by Gasteiger charge is 2.52. The van der Waals surface area contributed by atoms with Gasteiger partial charge in [-0.15, -0.1) is 0 Å². The molecule has 0 N–H and O–H groups in total. The number of carbonyl (C=O) groups is 1. The van der Waals surface area contributed by atoms with Crippen molar-refractivity contribution in [3.05, 3.63) is 86.9 Å². The smallest absolute Gasteiger partial charge is 0.316 e. The fourth-order valence-corrected chi connectivity index (χ4v) is 3.59. The van der Waals surface area contributed by atoms with Crippen LogP contribution in [0.15, 0.2) is 71.2 Å². The van der Waals surface area contributed by atoms with E-state index in [4.69, 9.17) is 14.2 Å². The third-order valence-corrected chi connectivity index (χ3v) is 5.62. The number of hydrogen-bond donors (Lipinski definition) is 0. The minimum absolute atomic E-state index is 0.149. The first kappa shape index (κ1) is 20.9. The maximum Gasteiger partial charge on any atom is 0.316 e. The van der Waals surface area contributed by atoms with E-state index in [0.717, 1.165) is 22.9 Å². The zero-order valence-electron chi connectivity index (χ0n) is 16.5. The lowest BCUT2D eigenvalue weighted by atomic mass is 9.96. The lowest BCUT2D eigenvalue weighted by Gasteiger charge is -2.14. The fraction of sp³-hybridized carbons (Fsp3) is 0.174. The van der Waals surface area contributed by atoms with Gasteiger partial charge in [0.05, 0.1) is 29.6 Å². The monoisotopic (exact) mass is 483 g/mol. The van der Waals surface area contributed by atoms with Crippen LogP contribution in [0.5, 0.6) is 23.0 Å². The summed E-state index contributed by atoms with van der Waals surface area (Å²) in [7, 11) is 1.39. The topological polar surface area (TPSA) is 87.9 Å². The Hall–Kier alpha value is -3.39. The van der Waals surface area contributed by atoms with E-state index in [1.165, 1.54) is 19.2 Å². The van der Waals surface area contributed by atoms with Crippen LogP contribution in [0.1, 0.15) is 18.4 Å². The molecule has 158 valence electrons. The molecule has 0 bridgehead atoms. The highest BCUT2D eigenvalue weighted by Crippen LogP contribution is 2.49. The van der Waals surface area contributed by atoms with E-state index in [2.05, 4.69) is 15.9 Å². The van der Waals surface area contributed by atoms with Crippen molar-refractivity contribution >= 4 is 27.6 Å². The lowest BCUT2D eigenvalue weighted by Crippen LogP contribution is -2.21. The van der Waals surface area contributed by atoms with E-state index in [1.54, 1.807) is 30.3 Å². The number of carbonyl (C=O) groups excluding carboxylic acids is 1. The van der Waals surface area contributed by atoms with Gasteiger partial charge >= 0.3 is 5.97 Å². The minimum atomic E-state index is -0.565. The molecule has 0 aromatic heterocycles. The highest BCUT2D eigenvalue weighted by atomic mass is 79.9. The van der Waals surface area contributed by atoms with Crippen LogP contribution in [0.4, 0.5) is 5.69 Å². The molecule has 4 rings (SSSR count). The van der Waals surface area contributed by atoms with Gasteiger partial charge in [0.2, 0.25) is 0 Å². The second-order valence-corrected chi connectivity index (χ2v) is 8.09. The molecular formula is C23H18BrNO6. The van der Waals surface area contributed by atoms with E-state index in [0.29, 0.717) is 11.5 Å². The molecule has 1 saturated carbocycles. The van der Waals surface area contributed by atoms with Crippen molar-refractivity contribution in [3.8, 4) is 23.0 Å². The van der Waals surface area contributed by atoms with E-state index in [9.17, 15) is 14.9 Å². The van der Waals surface area contributed by atoms with Crippen LogP contribution in [-0.4, -0.2) is 18.0 Å². The van der Waals surface area contributed by atoms with E-state index >= 15 is 0 Å². The maximum atomic E-state index is 12.0. The number of non-ortho nitro benzene ring substituents is 1. The number of ether oxygens (including phenoxy) is 3. The fourth-order valence-electron chi connectivity index (χ4n) is 3.33. The highest BCUT2D eigenvalue weighted by molar-refractivity contribution is 9.10. The van der Waals surface area contributed by atoms with Gasteiger partial charge in [0.25, 0.3) is 5.69 Å². The molecule has 1 aliphatic carbocycles. The Balaban J connectivity index is 1.56. The molecule has 0 unspecified atom stereocenters. The van der Waals surface area contributed by atoms with Gasteiger partial charge in [-0.05, 0) is 54.8 Å². The summed E-state index contributed by atoms with van der Waals surface area (Å²) in [6.07, 6.45) is 1.50. The first-order valence-corrected chi connectivity index (χ1v) is 10.3. The van der Waals surface area contributed by atoms with Crippen molar-refractivity contribution in [1.29, 1.82) is 0 Å². The van der Waals surface area contributed by atoms with Gasteiger partial charge < -0.3 is 14.2 Å². The molecule has 0 spiro atoms. The van der Waals surface area contributed by atoms with Gasteiger partial charge in [-0.1, -0.05) is 28.1 Å². The molecule has 3 aromatic rings. The number of esters is 1. The average molecular weight is 484 g/mol. The number of nitrogens with zero attached hydrogens (tertiary/aromatic N) is 1. The van der Waals surface area contributed by atoms with E-state index in [1.807, 2.05) is 24.3 Å². The van der Waals surface area contributed by atoms with Crippen LogP contribution in [-0.2, 0) is 14.9 Å². The number of halogens is 1. The summed E-state index contributed by atoms with van der Waals surface area (Å²) in [5.41, 5.74) is 0.152. The van der Waals surface area contributed by atoms with Crippen LogP contribution >= 0.6 is 15.9 Å². The summed E-state index contributed by atoms with van der Waals surface area (Å²) in [5.74, 6) is 1.33. The Morgan fingerprint density at radius 1 is 0.903 bits per heavy atom. The van der Waals surface area contributed by atoms with Crippen molar-refractivity contribution < 1.29 is 23.9 Å². The minimum Gasteiger partial charge on any atom is -0.468 e. The van der Waals surface area contributed by atoms with Crippen molar-refractivity contribution in [3.63, 3.8) is 0 Å². The van der Waals surface area contributed by atoms with Crippen molar-refractivity contribution in [1.82, 2.24) is 0 Å². The predicted molar refractivity (Wildman–Crippen MR) is 117 cm³/mol. The summed E-state index contributed by atoms with van der Waals surface area (Å²) in [4.78, 5) is 22.9. The standard InChI is InChI=1S/C23H18BrNO6/c1-29-22(26)23(10-11-23)15-2-6-18(7-3-15)30-20-12-17(25(27)28)13-21(14-20)31-19-8-4-16(24)5-9-19/h2-9,12-14H,10-11H2,1H3. The number of rotatable bonds is 7. The Morgan fingerprint density at radius 2 is 1.42 bits per heavy atom. The molecule has 3 aromatic carbocycles. The molecule has 0 heterocycles. The Kier molecular flexibility index (Phi) is 5.65. The quantitative estimate of drug-likeness (QED) is 0.227. The molecule has 1 aliphatic rings. The number of nitro benzene ring substituents is 1. The summed E-state index contributed by atoms with van der Waals surface area (Å²) >= 11 is 3.35. The average Bonchev–Trinajstić information content (AvgIpc) is 3.57. The Morgan fingerprint density at radius 3 is 1.87 bits per heavy atom. The van der Waals surface area contributed by atoms with Crippen molar-refractivity contribution in [2.75, 3.05) is 7.11 Å². The number of benzene rings is 3. The normalized spacial score (nSPS) is 13.9. The zero-order chi connectivity index (χ0) is 22.0. The molecule has 0 amide bonds. The Bertz CT molecular complexity index is 1120. The molecule has 8 heteroatoms. The summed E-state index contributed by atoms with van der Waals surface area (Å²) in [6, 6.07) is 18.5. The molecular weight excluding hydrogens is 466 g/mol. The lowest BCUT2D eigenvalue weighted by molar-refractivity contribution is -0.385. The van der Waals surface area contributed by atoms with Gasteiger partial charge in [-0.25, -0.2) is 0 Å². The maximum absolute atomic E-state index is 12.0. The SMILES string of the molecule is COC(=O)C1(c2ccc(Oc3cc(Oc4ccc(Br)cc4)cc([N+](=O)[O-])c3)cc2)CC1. The molecule has 0 saturated heterocycles. The van der Waals surface area contributed by atoms with Crippen LogP contribution in [0, 0.1) is 10.1 Å². The molecule has 7 nitrogen and oxygen atoms in total.